The summed E-state index contributed by atoms with van der Waals surface area (Å²) in [6, 6.07) is 6.57. The summed E-state index contributed by atoms with van der Waals surface area (Å²) in [7, 11) is 1.19. The molecule has 2 aromatic rings. The van der Waals surface area contributed by atoms with Gasteiger partial charge in [-0.15, -0.1) is 0 Å². The molecule has 0 aliphatic heterocycles. The van der Waals surface area contributed by atoms with Crippen LogP contribution in [0.4, 0.5) is 4.39 Å². The van der Waals surface area contributed by atoms with Crippen molar-refractivity contribution in [3.05, 3.63) is 53.6 Å². The number of rotatable bonds is 5. The summed E-state index contributed by atoms with van der Waals surface area (Å²) in [6.07, 6.45) is 3.23. The highest BCUT2D eigenvalue weighted by Crippen LogP contribution is 2.23. The first kappa shape index (κ1) is 16.1. The number of carbonyl (C=O) groups is 2. The van der Waals surface area contributed by atoms with Gasteiger partial charge in [0.05, 0.1) is 7.11 Å². The third-order valence-electron chi connectivity index (χ3n) is 2.97. The van der Waals surface area contributed by atoms with Crippen molar-refractivity contribution in [3.63, 3.8) is 0 Å². The fourth-order valence-electron chi connectivity index (χ4n) is 1.89. The van der Waals surface area contributed by atoms with Crippen LogP contribution in [0.15, 0.2) is 41.7 Å². The first-order chi connectivity index (χ1) is 10.6. The number of ether oxygens (including phenoxy) is 1. The SMILES string of the molecule is COC(=O)C(C(=O)c1ccnc(SC)n1)c1ccc(F)cc1. The van der Waals surface area contributed by atoms with E-state index in [9.17, 15) is 14.0 Å². The average molecular weight is 320 g/mol. The molecule has 7 heteroatoms. The standard InChI is InChI=1S/C15H13FN2O3S/c1-21-14(20)12(9-3-5-10(16)6-4-9)13(19)11-7-8-17-15(18-11)22-2/h3-8,12H,1-2H3. The Morgan fingerprint density at radius 1 is 1.23 bits per heavy atom. The molecule has 0 fully saturated rings. The van der Waals surface area contributed by atoms with E-state index in [4.69, 9.17) is 4.74 Å². The zero-order chi connectivity index (χ0) is 16.1. The number of benzene rings is 1. The highest BCUT2D eigenvalue weighted by molar-refractivity contribution is 7.98. The van der Waals surface area contributed by atoms with Gasteiger partial charge >= 0.3 is 5.97 Å². The van der Waals surface area contributed by atoms with Crippen LogP contribution in [0, 0.1) is 5.82 Å². The van der Waals surface area contributed by atoms with E-state index >= 15 is 0 Å². The maximum absolute atomic E-state index is 13.0. The molecule has 1 aromatic carbocycles. The molecule has 0 saturated heterocycles. The number of aromatic nitrogens is 2. The maximum atomic E-state index is 13.0. The number of methoxy groups -OCH3 is 1. The van der Waals surface area contributed by atoms with E-state index in [0.717, 1.165) is 0 Å². The largest absolute Gasteiger partial charge is 0.468 e. The smallest absolute Gasteiger partial charge is 0.321 e. The Morgan fingerprint density at radius 3 is 2.50 bits per heavy atom. The quantitative estimate of drug-likeness (QED) is 0.277. The average Bonchev–Trinajstić information content (AvgIpc) is 2.56. The third kappa shape index (κ3) is 3.48. The number of ketones is 1. The summed E-state index contributed by atoms with van der Waals surface area (Å²) >= 11 is 1.28. The van der Waals surface area contributed by atoms with Crippen LogP contribution in [0.2, 0.25) is 0 Å². The number of carbonyl (C=O) groups excluding carboxylic acids is 2. The summed E-state index contributed by atoms with van der Waals surface area (Å²) in [4.78, 5) is 32.7. The fraction of sp³-hybridized carbons (Fsp3) is 0.200. The minimum atomic E-state index is -1.18. The monoisotopic (exact) mass is 320 g/mol. The van der Waals surface area contributed by atoms with Gasteiger partial charge in [0.15, 0.2) is 10.9 Å². The van der Waals surface area contributed by atoms with E-state index in [1.807, 2.05) is 0 Å². The Kier molecular flexibility index (Phi) is 5.21. The van der Waals surface area contributed by atoms with E-state index in [0.29, 0.717) is 10.7 Å². The minimum absolute atomic E-state index is 0.110. The predicted molar refractivity (Wildman–Crippen MR) is 79.3 cm³/mol. The highest BCUT2D eigenvalue weighted by Gasteiger charge is 2.31. The van der Waals surface area contributed by atoms with Gasteiger partial charge in [0.25, 0.3) is 0 Å². The van der Waals surface area contributed by atoms with Gasteiger partial charge in [-0.3, -0.25) is 9.59 Å². The van der Waals surface area contributed by atoms with Gasteiger partial charge in [0, 0.05) is 6.20 Å². The van der Waals surface area contributed by atoms with Crippen LogP contribution in [0.25, 0.3) is 0 Å². The van der Waals surface area contributed by atoms with Crippen molar-refractivity contribution < 1.29 is 18.7 Å². The lowest BCUT2D eigenvalue weighted by Gasteiger charge is -2.13. The Morgan fingerprint density at radius 2 is 1.91 bits per heavy atom. The lowest BCUT2D eigenvalue weighted by Crippen LogP contribution is -2.24. The van der Waals surface area contributed by atoms with Crippen molar-refractivity contribution in [2.24, 2.45) is 0 Å². The molecule has 0 bridgehead atoms. The van der Waals surface area contributed by atoms with E-state index in [2.05, 4.69) is 9.97 Å². The number of nitrogens with zero attached hydrogens (tertiary/aromatic N) is 2. The molecule has 1 unspecified atom stereocenters. The highest BCUT2D eigenvalue weighted by atomic mass is 32.2. The second-order valence-electron chi connectivity index (χ2n) is 4.30. The molecule has 0 spiro atoms. The fourth-order valence-corrected chi connectivity index (χ4v) is 2.25. The second-order valence-corrected chi connectivity index (χ2v) is 5.07. The summed E-state index contributed by atoms with van der Waals surface area (Å²) < 4.78 is 17.7. The van der Waals surface area contributed by atoms with Crippen LogP contribution >= 0.6 is 11.8 Å². The molecule has 2 rings (SSSR count). The topological polar surface area (TPSA) is 69.2 Å². The molecule has 0 aliphatic rings. The van der Waals surface area contributed by atoms with Gasteiger partial charge in [-0.25, -0.2) is 14.4 Å². The predicted octanol–water partition coefficient (Wildman–Crippen LogP) is 2.48. The molecule has 22 heavy (non-hydrogen) atoms. The van der Waals surface area contributed by atoms with Gasteiger partial charge in [-0.2, -0.15) is 0 Å². The van der Waals surface area contributed by atoms with E-state index in [1.165, 1.54) is 55.4 Å². The molecule has 0 aliphatic carbocycles. The second kappa shape index (κ2) is 7.13. The molecular formula is C15H13FN2O3S. The van der Waals surface area contributed by atoms with Crippen molar-refractivity contribution >= 4 is 23.5 Å². The number of Topliss-reactive ketones (excluding diaryl/α,β-unsaturated/α-hetero) is 1. The van der Waals surface area contributed by atoms with Gasteiger partial charge in [0.1, 0.15) is 17.4 Å². The maximum Gasteiger partial charge on any atom is 0.321 e. The minimum Gasteiger partial charge on any atom is -0.468 e. The molecule has 0 amide bonds. The van der Waals surface area contributed by atoms with Gasteiger partial charge in [-0.1, -0.05) is 23.9 Å². The Bertz CT molecular complexity index is 691. The van der Waals surface area contributed by atoms with Crippen LogP contribution in [-0.2, 0) is 9.53 Å². The van der Waals surface area contributed by atoms with Crippen molar-refractivity contribution in [1.82, 2.24) is 9.97 Å². The van der Waals surface area contributed by atoms with Crippen LogP contribution in [0.3, 0.4) is 0 Å². The molecule has 0 saturated carbocycles. The van der Waals surface area contributed by atoms with Crippen molar-refractivity contribution in [3.8, 4) is 0 Å². The van der Waals surface area contributed by atoms with Crippen LogP contribution in [0.5, 0.6) is 0 Å². The molecule has 1 atom stereocenters. The normalized spacial score (nSPS) is 11.8. The molecular weight excluding hydrogens is 307 g/mol. The number of thioether (sulfide) groups is 1. The molecule has 5 nitrogen and oxygen atoms in total. The van der Waals surface area contributed by atoms with E-state index in [-0.39, 0.29) is 5.69 Å². The Balaban J connectivity index is 2.42. The third-order valence-corrected chi connectivity index (χ3v) is 3.53. The summed E-state index contributed by atoms with van der Waals surface area (Å²) in [5.41, 5.74) is 0.460. The molecule has 0 radical (unpaired) electrons. The molecule has 114 valence electrons. The Labute approximate surface area is 130 Å². The molecule has 1 aromatic heterocycles. The first-order valence-electron chi connectivity index (χ1n) is 6.31. The van der Waals surface area contributed by atoms with Gasteiger partial charge in [-0.05, 0) is 30.0 Å². The lowest BCUT2D eigenvalue weighted by molar-refractivity contribution is -0.141. The number of hydrogen-bond donors (Lipinski definition) is 0. The van der Waals surface area contributed by atoms with E-state index < -0.39 is 23.5 Å². The number of halogens is 1. The first-order valence-corrected chi connectivity index (χ1v) is 7.54. The van der Waals surface area contributed by atoms with E-state index in [1.54, 1.807) is 6.26 Å². The van der Waals surface area contributed by atoms with Gasteiger partial charge in [0.2, 0.25) is 0 Å². The van der Waals surface area contributed by atoms with Crippen LogP contribution < -0.4 is 0 Å². The van der Waals surface area contributed by atoms with Crippen molar-refractivity contribution in [2.45, 2.75) is 11.1 Å². The number of hydrogen-bond acceptors (Lipinski definition) is 6. The summed E-state index contributed by atoms with van der Waals surface area (Å²) in [5, 5.41) is 0.425. The van der Waals surface area contributed by atoms with Crippen LogP contribution in [0.1, 0.15) is 22.0 Å². The summed E-state index contributed by atoms with van der Waals surface area (Å²) in [5.74, 6) is -2.88. The lowest BCUT2D eigenvalue weighted by atomic mass is 9.93. The molecule has 0 N–H and O–H groups in total. The van der Waals surface area contributed by atoms with Crippen molar-refractivity contribution in [1.29, 1.82) is 0 Å². The van der Waals surface area contributed by atoms with Gasteiger partial charge < -0.3 is 4.74 Å². The zero-order valence-corrected chi connectivity index (χ0v) is 12.8. The van der Waals surface area contributed by atoms with Crippen molar-refractivity contribution in [2.75, 3.05) is 13.4 Å². The Hall–Kier alpha value is -2.28. The number of esters is 1. The van der Waals surface area contributed by atoms with Crippen LogP contribution in [-0.4, -0.2) is 35.1 Å². The zero-order valence-electron chi connectivity index (χ0n) is 11.9. The molecule has 1 heterocycles. The summed E-state index contributed by atoms with van der Waals surface area (Å²) in [6.45, 7) is 0.